The number of hydrogen-bond donors (Lipinski definition) is 1. The van der Waals surface area contributed by atoms with E-state index in [0.717, 1.165) is 10.0 Å². The number of rotatable bonds is 1. The molecule has 0 unspecified atom stereocenters. The van der Waals surface area contributed by atoms with Crippen LogP contribution < -0.4 is 0 Å². The van der Waals surface area contributed by atoms with Crippen molar-refractivity contribution in [2.45, 2.75) is 6.92 Å². The van der Waals surface area contributed by atoms with Crippen LogP contribution in [-0.2, 0) is 0 Å². The molecule has 0 amide bonds. The van der Waals surface area contributed by atoms with E-state index in [-0.39, 0.29) is 0 Å². The minimum Gasteiger partial charge on any atom is -0.421 e. The number of halogens is 1. The molecule has 92 valence electrons. The molecule has 0 aliphatic heterocycles. The van der Waals surface area contributed by atoms with Crippen LogP contribution in [0.25, 0.3) is 11.5 Å². The van der Waals surface area contributed by atoms with E-state index in [1.54, 1.807) is 19.3 Å². The summed E-state index contributed by atoms with van der Waals surface area (Å²) in [4.78, 5) is 0. The predicted molar refractivity (Wildman–Crippen MR) is 70.8 cm³/mol. The maximum absolute atomic E-state index is 5.27. The van der Waals surface area contributed by atoms with Crippen LogP contribution in [0.5, 0.6) is 0 Å². The van der Waals surface area contributed by atoms with Crippen molar-refractivity contribution in [3.8, 4) is 11.5 Å². The molecule has 5 nitrogen and oxygen atoms in total. The lowest BCUT2D eigenvalue weighted by molar-refractivity contribution is 0.533. The second-order valence-electron chi connectivity index (χ2n) is 3.40. The molecule has 0 atom stereocenters. The molecule has 1 N–H and O–H groups in total. The van der Waals surface area contributed by atoms with Gasteiger partial charge in [-0.3, -0.25) is 5.10 Å². The van der Waals surface area contributed by atoms with Gasteiger partial charge in [0.05, 0.1) is 0 Å². The molecular weight excluding hydrogens is 296 g/mol. The smallest absolute Gasteiger partial charge is 0.247 e. The summed E-state index contributed by atoms with van der Waals surface area (Å²) >= 11 is 3.36. The fraction of sp³-hybridized carbons (Fsp3) is 0.0833. The number of benzene rings is 1. The Morgan fingerprint density at radius 1 is 1.17 bits per heavy atom. The molecule has 1 aromatic carbocycles. The van der Waals surface area contributed by atoms with Crippen LogP contribution in [0.1, 0.15) is 5.89 Å². The van der Waals surface area contributed by atoms with Crippen LogP contribution in [-0.4, -0.2) is 20.4 Å². The number of aromatic amines is 1. The largest absolute Gasteiger partial charge is 0.421 e. The van der Waals surface area contributed by atoms with E-state index in [0.29, 0.717) is 11.8 Å². The summed E-state index contributed by atoms with van der Waals surface area (Å²) in [7, 11) is 0. The first-order valence-corrected chi connectivity index (χ1v) is 6.05. The highest BCUT2D eigenvalue weighted by Gasteiger charge is 2.04. The number of aromatic nitrogens is 4. The van der Waals surface area contributed by atoms with E-state index in [2.05, 4.69) is 36.3 Å². The van der Waals surface area contributed by atoms with Crippen LogP contribution in [0.4, 0.5) is 0 Å². The zero-order chi connectivity index (χ0) is 12.8. The van der Waals surface area contributed by atoms with Gasteiger partial charge in [-0.2, -0.15) is 5.10 Å². The number of nitrogens with zero attached hydrogens (tertiary/aromatic N) is 3. The molecule has 3 rings (SSSR count). The Morgan fingerprint density at radius 2 is 1.94 bits per heavy atom. The third kappa shape index (κ3) is 3.53. The zero-order valence-electron chi connectivity index (χ0n) is 9.67. The molecule has 0 spiro atoms. The van der Waals surface area contributed by atoms with E-state index in [9.17, 15) is 0 Å². The number of nitrogens with one attached hydrogen (secondary N) is 1. The summed E-state index contributed by atoms with van der Waals surface area (Å²) in [6.07, 6.45) is 3.46. The number of hydrogen-bond acceptors (Lipinski definition) is 4. The molecule has 18 heavy (non-hydrogen) atoms. The number of H-pyrrole nitrogens is 1. The molecule has 6 heteroatoms. The molecule has 0 aliphatic carbocycles. The Morgan fingerprint density at radius 3 is 2.39 bits per heavy atom. The fourth-order valence-corrected chi connectivity index (χ4v) is 1.49. The zero-order valence-corrected chi connectivity index (χ0v) is 11.3. The summed E-state index contributed by atoms with van der Waals surface area (Å²) in [6.45, 7) is 1.77. The van der Waals surface area contributed by atoms with Crippen molar-refractivity contribution >= 4 is 15.9 Å². The van der Waals surface area contributed by atoms with Crippen molar-refractivity contribution in [3.05, 3.63) is 53.1 Å². The van der Waals surface area contributed by atoms with Crippen LogP contribution in [0, 0.1) is 6.92 Å². The van der Waals surface area contributed by atoms with Crippen LogP contribution in [0.2, 0.25) is 0 Å². The molecule has 0 saturated heterocycles. The highest BCUT2D eigenvalue weighted by molar-refractivity contribution is 9.10. The monoisotopic (exact) mass is 306 g/mol. The highest BCUT2D eigenvalue weighted by Crippen LogP contribution is 2.19. The van der Waals surface area contributed by atoms with E-state index in [1.807, 2.05) is 30.3 Å². The summed E-state index contributed by atoms with van der Waals surface area (Å²) in [6, 6.07) is 9.57. The van der Waals surface area contributed by atoms with Gasteiger partial charge in [0.25, 0.3) is 0 Å². The molecule has 0 saturated carbocycles. The van der Waals surface area contributed by atoms with Crippen molar-refractivity contribution in [2.75, 3.05) is 0 Å². The Bertz CT molecular complexity index is 557. The summed E-state index contributed by atoms with van der Waals surface area (Å²) in [5.74, 6) is 1.14. The average Bonchev–Trinajstić information content (AvgIpc) is 3.04. The first kappa shape index (κ1) is 12.5. The third-order valence-electron chi connectivity index (χ3n) is 2.02. The summed E-state index contributed by atoms with van der Waals surface area (Å²) in [5.41, 5.74) is 0.934. The second kappa shape index (κ2) is 6.11. The first-order valence-electron chi connectivity index (χ1n) is 5.25. The SMILES string of the molecule is Cc1nnc(-c2ccc(Br)cc2)o1.c1cn[nH]c1. The van der Waals surface area contributed by atoms with Gasteiger partial charge in [0.2, 0.25) is 11.8 Å². The van der Waals surface area contributed by atoms with Gasteiger partial charge >= 0.3 is 0 Å². The van der Waals surface area contributed by atoms with Gasteiger partial charge in [-0.15, -0.1) is 10.2 Å². The number of aryl methyl sites for hydroxylation is 1. The van der Waals surface area contributed by atoms with Crippen molar-refractivity contribution < 1.29 is 4.42 Å². The minimum absolute atomic E-state index is 0.560. The van der Waals surface area contributed by atoms with Crippen molar-refractivity contribution in [3.63, 3.8) is 0 Å². The van der Waals surface area contributed by atoms with Gasteiger partial charge in [-0.05, 0) is 30.3 Å². The van der Waals surface area contributed by atoms with Gasteiger partial charge in [-0.25, -0.2) is 0 Å². The van der Waals surface area contributed by atoms with E-state index in [4.69, 9.17) is 4.42 Å². The molecule has 3 aromatic rings. The van der Waals surface area contributed by atoms with Crippen molar-refractivity contribution in [1.29, 1.82) is 0 Å². The van der Waals surface area contributed by atoms with Gasteiger partial charge in [0.1, 0.15) is 0 Å². The minimum atomic E-state index is 0.560. The quantitative estimate of drug-likeness (QED) is 0.749. The summed E-state index contributed by atoms with van der Waals surface area (Å²) in [5, 5.41) is 13.9. The standard InChI is InChI=1S/C9H7BrN2O.C3H4N2/c1-6-11-12-9(13-6)7-2-4-8(10)5-3-7;1-2-4-5-3-1/h2-5H,1H3;1-3H,(H,4,5). The first-order chi connectivity index (χ1) is 8.75. The lowest BCUT2D eigenvalue weighted by Crippen LogP contribution is -1.76. The van der Waals surface area contributed by atoms with Crippen molar-refractivity contribution in [2.24, 2.45) is 0 Å². The fourth-order valence-electron chi connectivity index (χ4n) is 1.22. The van der Waals surface area contributed by atoms with Gasteiger partial charge in [-0.1, -0.05) is 15.9 Å². The van der Waals surface area contributed by atoms with Gasteiger partial charge < -0.3 is 4.42 Å². The second-order valence-corrected chi connectivity index (χ2v) is 4.32. The Kier molecular flexibility index (Phi) is 4.25. The van der Waals surface area contributed by atoms with Crippen LogP contribution in [0.3, 0.4) is 0 Å². The maximum Gasteiger partial charge on any atom is 0.247 e. The molecule has 0 aliphatic rings. The van der Waals surface area contributed by atoms with Crippen molar-refractivity contribution in [1.82, 2.24) is 20.4 Å². The lowest BCUT2D eigenvalue weighted by atomic mass is 10.2. The van der Waals surface area contributed by atoms with Crippen LogP contribution >= 0.6 is 15.9 Å². The van der Waals surface area contributed by atoms with Gasteiger partial charge in [0, 0.05) is 29.4 Å². The van der Waals surface area contributed by atoms with E-state index in [1.165, 1.54) is 0 Å². The van der Waals surface area contributed by atoms with E-state index < -0.39 is 0 Å². The molecule has 0 fully saturated rings. The molecule has 2 heterocycles. The molecule has 0 radical (unpaired) electrons. The summed E-state index contributed by atoms with van der Waals surface area (Å²) < 4.78 is 6.31. The molecule has 2 aromatic heterocycles. The van der Waals surface area contributed by atoms with Crippen LogP contribution in [0.15, 0.2) is 51.6 Å². The highest BCUT2D eigenvalue weighted by atomic mass is 79.9. The average molecular weight is 307 g/mol. The predicted octanol–water partition coefficient (Wildman–Crippen LogP) is 3.22. The molecule has 0 bridgehead atoms. The Hall–Kier alpha value is -1.95. The molecular formula is C12H11BrN4O. The maximum atomic E-state index is 5.27. The third-order valence-corrected chi connectivity index (χ3v) is 2.55. The Balaban J connectivity index is 0.000000202. The topological polar surface area (TPSA) is 67.6 Å². The van der Waals surface area contributed by atoms with E-state index >= 15 is 0 Å². The van der Waals surface area contributed by atoms with Gasteiger partial charge in [0.15, 0.2) is 0 Å². The normalized spacial score (nSPS) is 9.67. The Labute approximate surface area is 112 Å². The lowest BCUT2D eigenvalue weighted by Gasteiger charge is -1.93.